The number of hydrazine groups is 1. The largest absolute Gasteiger partial charge is 0.303 e. The van der Waals surface area contributed by atoms with Gasteiger partial charge in [-0.05, 0) is 43.3 Å². The van der Waals surface area contributed by atoms with E-state index in [4.69, 9.17) is 0 Å². The van der Waals surface area contributed by atoms with E-state index in [0.717, 1.165) is 29.0 Å². The average Bonchev–Trinajstić information content (AvgIpc) is 3.26. The number of hydrogen-bond acceptors (Lipinski definition) is 4. The zero-order valence-corrected chi connectivity index (χ0v) is 15.8. The first-order valence-electron chi connectivity index (χ1n) is 9.06. The monoisotopic (exact) mass is 383 g/mol. The van der Waals surface area contributed by atoms with Gasteiger partial charge in [0.1, 0.15) is 0 Å². The first-order valence-corrected chi connectivity index (χ1v) is 9.94. The van der Waals surface area contributed by atoms with Gasteiger partial charge in [0.05, 0.1) is 12.0 Å². The maximum Gasteiger partial charge on any atom is 0.244 e. The van der Waals surface area contributed by atoms with Crippen molar-refractivity contribution in [3.05, 3.63) is 52.2 Å². The predicted molar refractivity (Wildman–Crippen MR) is 103 cm³/mol. The van der Waals surface area contributed by atoms with Gasteiger partial charge in [-0.3, -0.25) is 25.2 Å². The topological polar surface area (TPSA) is 78.5 Å². The Morgan fingerprint density at radius 1 is 1.07 bits per heavy atom. The molecule has 27 heavy (non-hydrogen) atoms. The van der Waals surface area contributed by atoms with Crippen molar-refractivity contribution in [2.45, 2.75) is 32.2 Å². The number of hydrogen-bond donors (Lipinski definition) is 2. The van der Waals surface area contributed by atoms with Gasteiger partial charge >= 0.3 is 0 Å². The molecular formula is C20H21N3O3S. The molecule has 2 unspecified atom stereocenters. The summed E-state index contributed by atoms with van der Waals surface area (Å²) in [5.41, 5.74) is 6.91. The van der Waals surface area contributed by atoms with Crippen LogP contribution in [0.3, 0.4) is 0 Å². The Morgan fingerprint density at radius 2 is 1.78 bits per heavy atom. The highest BCUT2D eigenvalue weighted by Gasteiger charge is 2.46. The standard InChI is InChI=1S/C20H21N3O3S/c1-12-4-8-14(9-5-12)23-17(24)11-15(18(23)16-3-2-10-27-16)20(26)22-21-19(25)13-6-7-13/h2-5,8-10,13,15,18H,6-7,11H2,1H3,(H,21,25)(H,22,26). The molecule has 6 nitrogen and oxygen atoms in total. The number of carbonyl (C=O) groups is 3. The van der Waals surface area contributed by atoms with Crippen molar-refractivity contribution in [3.8, 4) is 0 Å². The summed E-state index contributed by atoms with van der Waals surface area (Å²) in [6.07, 6.45) is 1.84. The Balaban J connectivity index is 1.58. The second-order valence-corrected chi connectivity index (χ2v) is 8.10. The lowest BCUT2D eigenvalue weighted by Gasteiger charge is -2.27. The third kappa shape index (κ3) is 3.60. The van der Waals surface area contributed by atoms with E-state index in [1.54, 1.807) is 4.90 Å². The third-order valence-electron chi connectivity index (χ3n) is 5.06. The van der Waals surface area contributed by atoms with Crippen molar-refractivity contribution in [1.82, 2.24) is 10.9 Å². The van der Waals surface area contributed by atoms with Crippen LogP contribution in [-0.4, -0.2) is 17.7 Å². The van der Waals surface area contributed by atoms with Crippen LogP contribution >= 0.6 is 11.3 Å². The van der Waals surface area contributed by atoms with Crippen LogP contribution in [0.5, 0.6) is 0 Å². The molecule has 1 aliphatic carbocycles. The van der Waals surface area contributed by atoms with E-state index in [1.807, 2.05) is 48.7 Å². The van der Waals surface area contributed by atoms with Crippen molar-refractivity contribution >= 4 is 34.7 Å². The molecule has 3 amide bonds. The first kappa shape index (κ1) is 17.7. The molecule has 1 aromatic heterocycles. The normalized spacial score (nSPS) is 22.0. The van der Waals surface area contributed by atoms with Gasteiger partial charge in [0.15, 0.2) is 0 Å². The van der Waals surface area contributed by atoms with Crippen molar-refractivity contribution in [1.29, 1.82) is 0 Å². The molecule has 1 aromatic carbocycles. The maximum atomic E-state index is 12.8. The van der Waals surface area contributed by atoms with E-state index in [9.17, 15) is 14.4 Å². The van der Waals surface area contributed by atoms with E-state index in [2.05, 4.69) is 10.9 Å². The predicted octanol–water partition coefficient (Wildman–Crippen LogP) is 2.71. The van der Waals surface area contributed by atoms with E-state index in [1.165, 1.54) is 11.3 Å². The highest BCUT2D eigenvalue weighted by atomic mass is 32.1. The fraction of sp³-hybridized carbons (Fsp3) is 0.350. The molecule has 0 bridgehead atoms. The molecule has 0 radical (unpaired) electrons. The number of rotatable bonds is 4. The minimum absolute atomic E-state index is 0.00709. The van der Waals surface area contributed by atoms with Crippen LogP contribution in [0, 0.1) is 18.8 Å². The van der Waals surface area contributed by atoms with Crippen molar-refractivity contribution in [2.75, 3.05) is 4.90 Å². The summed E-state index contributed by atoms with van der Waals surface area (Å²) in [4.78, 5) is 40.1. The smallest absolute Gasteiger partial charge is 0.244 e. The molecule has 2 N–H and O–H groups in total. The summed E-state index contributed by atoms with van der Waals surface area (Å²) in [5.74, 6) is -1.13. The lowest BCUT2D eigenvalue weighted by atomic mass is 9.98. The number of amides is 3. The minimum Gasteiger partial charge on any atom is -0.303 e. The Morgan fingerprint density at radius 3 is 2.41 bits per heavy atom. The molecule has 1 saturated heterocycles. The molecule has 4 rings (SSSR count). The summed E-state index contributed by atoms with van der Waals surface area (Å²) in [7, 11) is 0. The number of thiophene rings is 1. The molecular weight excluding hydrogens is 362 g/mol. The highest BCUT2D eigenvalue weighted by molar-refractivity contribution is 7.10. The minimum atomic E-state index is -0.558. The van der Waals surface area contributed by atoms with Gasteiger partial charge in [-0.15, -0.1) is 11.3 Å². The molecule has 7 heteroatoms. The number of benzene rings is 1. The van der Waals surface area contributed by atoms with Gasteiger partial charge in [0, 0.05) is 22.9 Å². The average molecular weight is 383 g/mol. The summed E-state index contributed by atoms with van der Waals surface area (Å²) >= 11 is 1.52. The van der Waals surface area contributed by atoms with Crippen LogP contribution in [0.25, 0.3) is 0 Å². The number of nitrogens with one attached hydrogen (secondary N) is 2. The van der Waals surface area contributed by atoms with Crippen LogP contribution < -0.4 is 15.8 Å². The second-order valence-electron chi connectivity index (χ2n) is 7.12. The first-order chi connectivity index (χ1) is 13.0. The zero-order chi connectivity index (χ0) is 19.0. The lowest BCUT2D eigenvalue weighted by Crippen LogP contribution is -2.46. The molecule has 2 heterocycles. The number of anilines is 1. The van der Waals surface area contributed by atoms with Gasteiger partial charge in [0.2, 0.25) is 17.7 Å². The highest BCUT2D eigenvalue weighted by Crippen LogP contribution is 2.43. The Kier molecular flexibility index (Phi) is 4.70. The van der Waals surface area contributed by atoms with E-state index >= 15 is 0 Å². The molecule has 2 aromatic rings. The Labute approximate surface area is 161 Å². The quantitative estimate of drug-likeness (QED) is 0.797. The van der Waals surface area contributed by atoms with Gasteiger partial charge in [-0.1, -0.05) is 23.8 Å². The summed E-state index contributed by atoms with van der Waals surface area (Å²) in [6.45, 7) is 1.99. The fourth-order valence-corrected chi connectivity index (χ4v) is 4.31. The maximum absolute atomic E-state index is 12.8. The molecule has 2 atom stereocenters. The molecule has 2 fully saturated rings. The van der Waals surface area contributed by atoms with Crippen molar-refractivity contribution in [2.24, 2.45) is 11.8 Å². The SMILES string of the molecule is Cc1ccc(N2C(=O)CC(C(=O)NNC(=O)C3CC3)C2c2cccs2)cc1. The molecule has 0 spiro atoms. The van der Waals surface area contributed by atoms with Crippen LogP contribution in [0.15, 0.2) is 41.8 Å². The van der Waals surface area contributed by atoms with E-state index < -0.39 is 5.92 Å². The summed E-state index contributed by atoms with van der Waals surface area (Å²) in [5, 5.41) is 1.94. The fourth-order valence-electron chi connectivity index (χ4n) is 3.43. The summed E-state index contributed by atoms with van der Waals surface area (Å²) in [6, 6.07) is 11.2. The third-order valence-corrected chi connectivity index (χ3v) is 6.01. The van der Waals surface area contributed by atoms with Gasteiger partial charge in [-0.2, -0.15) is 0 Å². The van der Waals surface area contributed by atoms with Gasteiger partial charge in [-0.25, -0.2) is 0 Å². The second kappa shape index (κ2) is 7.15. The number of aryl methyl sites for hydroxylation is 1. The van der Waals surface area contributed by atoms with Crippen molar-refractivity contribution in [3.63, 3.8) is 0 Å². The molecule has 140 valence electrons. The molecule has 1 aliphatic heterocycles. The molecule has 2 aliphatic rings. The van der Waals surface area contributed by atoms with Gasteiger partial charge in [0.25, 0.3) is 0 Å². The van der Waals surface area contributed by atoms with Crippen LogP contribution in [0.4, 0.5) is 5.69 Å². The van der Waals surface area contributed by atoms with Crippen LogP contribution in [-0.2, 0) is 14.4 Å². The Bertz CT molecular complexity index is 859. The van der Waals surface area contributed by atoms with Crippen LogP contribution in [0.1, 0.15) is 35.7 Å². The van der Waals surface area contributed by atoms with Crippen molar-refractivity contribution < 1.29 is 14.4 Å². The number of carbonyl (C=O) groups excluding carboxylic acids is 3. The van der Waals surface area contributed by atoms with E-state index in [0.29, 0.717) is 0 Å². The zero-order valence-electron chi connectivity index (χ0n) is 15.0. The number of nitrogens with zero attached hydrogens (tertiary/aromatic N) is 1. The van der Waals surface area contributed by atoms with Crippen LogP contribution in [0.2, 0.25) is 0 Å². The summed E-state index contributed by atoms with van der Waals surface area (Å²) < 4.78 is 0. The van der Waals surface area contributed by atoms with Gasteiger partial charge < -0.3 is 4.90 Å². The molecule has 1 saturated carbocycles. The van der Waals surface area contributed by atoms with E-state index in [-0.39, 0.29) is 36.1 Å². The lowest BCUT2D eigenvalue weighted by molar-refractivity contribution is -0.132. The Hall–Kier alpha value is -2.67.